The van der Waals surface area contributed by atoms with Crippen LogP contribution >= 0.6 is 20.8 Å². The monoisotopic (exact) mass is 441 g/mol. The predicted octanol–water partition coefficient (Wildman–Crippen LogP) is 3.85. The van der Waals surface area contributed by atoms with Crippen LogP contribution in [0, 0.1) is 12.8 Å². The predicted molar refractivity (Wildman–Crippen MR) is 127 cm³/mol. The minimum Gasteiger partial charge on any atom is -0.352 e. The second kappa shape index (κ2) is 9.55. The molecule has 1 amide bonds. The molecular weight excluding hydrogens is 417 g/mol. The fourth-order valence-electron chi connectivity index (χ4n) is 3.07. The molecule has 1 aliphatic carbocycles. The summed E-state index contributed by atoms with van der Waals surface area (Å²) in [5.41, 5.74) is 4.05. The molecule has 2 N–H and O–H groups in total. The first-order valence-electron chi connectivity index (χ1n) is 9.76. The highest BCUT2D eigenvalue weighted by molar-refractivity contribution is 7.28. The molecule has 1 heterocycles. The first-order chi connectivity index (χ1) is 14.2. The topological polar surface area (TPSA) is 74.8 Å². The molecule has 1 aliphatic rings. The normalized spacial score (nSPS) is 14.0. The zero-order chi connectivity index (χ0) is 21.8. The van der Waals surface area contributed by atoms with Crippen molar-refractivity contribution in [3.63, 3.8) is 0 Å². The summed E-state index contributed by atoms with van der Waals surface area (Å²) < 4.78 is 0. The van der Waals surface area contributed by atoms with Gasteiger partial charge in [-0.25, -0.2) is 4.98 Å². The van der Waals surface area contributed by atoms with Crippen LogP contribution in [0.2, 0.25) is 0 Å². The summed E-state index contributed by atoms with van der Waals surface area (Å²) in [5, 5.41) is 4.38. The smallest absolute Gasteiger partial charge is 0.251 e. The van der Waals surface area contributed by atoms with Gasteiger partial charge in [-0.3, -0.25) is 9.59 Å². The van der Waals surface area contributed by atoms with Crippen molar-refractivity contribution in [3.8, 4) is 11.3 Å². The lowest BCUT2D eigenvalue weighted by Crippen LogP contribution is -2.29. The Kier molecular flexibility index (Phi) is 7.06. The molecule has 5 nitrogen and oxygen atoms in total. The summed E-state index contributed by atoms with van der Waals surface area (Å²) in [6, 6.07) is 7.48. The van der Waals surface area contributed by atoms with E-state index in [1.54, 1.807) is 6.08 Å². The van der Waals surface area contributed by atoms with E-state index in [0.717, 1.165) is 27.6 Å². The summed E-state index contributed by atoms with van der Waals surface area (Å²) in [5.74, 6) is 0.372. The van der Waals surface area contributed by atoms with Crippen molar-refractivity contribution in [1.29, 1.82) is 0 Å². The Labute approximate surface area is 183 Å². The molecule has 1 unspecified atom stereocenters. The Morgan fingerprint density at radius 2 is 2.07 bits per heavy atom. The fourth-order valence-corrected chi connectivity index (χ4v) is 3.80. The van der Waals surface area contributed by atoms with Crippen LogP contribution in [0.25, 0.3) is 16.8 Å². The standard InChI is InChI=1S/C23H25ClN3O2P/c1-13(2)23(29)25-12-15-5-8-16(18(24)9-6-15)22-26-19(11-21(28)27-22)17-7-4-14(3)10-20(17)30/h4-7,9-11,13H,8,12,30H2,1-3H3,(H,25,29)(H,26,27,28). The summed E-state index contributed by atoms with van der Waals surface area (Å²) in [7, 11) is 2.69. The Hall–Kier alpha value is -2.49. The lowest BCUT2D eigenvalue weighted by Gasteiger charge is -2.10. The van der Waals surface area contributed by atoms with Crippen LogP contribution in [0.5, 0.6) is 0 Å². The van der Waals surface area contributed by atoms with Gasteiger partial charge in [0.05, 0.1) is 5.69 Å². The number of aryl methyl sites for hydroxylation is 1. The number of rotatable bonds is 5. The Morgan fingerprint density at radius 1 is 1.30 bits per heavy atom. The number of amides is 1. The van der Waals surface area contributed by atoms with E-state index in [0.29, 0.717) is 29.5 Å². The van der Waals surface area contributed by atoms with Crippen LogP contribution in [0.1, 0.15) is 31.7 Å². The van der Waals surface area contributed by atoms with Crippen LogP contribution in [0.3, 0.4) is 0 Å². The zero-order valence-corrected chi connectivity index (χ0v) is 19.2. The Morgan fingerprint density at radius 3 is 2.77 bits per heavy atom. The van der Waals surface area contributed by atoms with Crippen LogP contribution < -0.4 is 16.2 Å². The van der Waals surface area contributed by atoms with Crippen molar-refractivity contribution >= 4 is 37.6 Å². The van der Waals surface area contributed by atoms with Crippen LogP contribution in [-0.2, 0) is 4.79 Å². The van der Waals surface area contributed by atoms with Gasteiger partial charge in [0.1, 0.15) is 5.82 Å². The average molecular weight is 442 g/mol. The molecule has 30 heavy (non-hydrogen) atoms. The Bertz CT molecular complexity index is 1130. The molecular formula is C23H25ClN3O2P. The summed E-state index contributed by atoms with van der Waals surface area (Å²) in [4.78, 5) is 31.7. The molecule has 0 radical (unpaired) electrons. The van der Waals surface area contributed by atoms with Gasteiger partial charge in [-0.1, -0.05) is 61.4 Å². The van der Waals surface area contributed by atoms with Gasteiger partial charge in [-0.2, -0.15) is 0 Å². The van der Waals surface area contributed by atoms with Crippen molar-refractivity contribution in [3.05, 3.63) is 74.8 Å². The van der Waals surface area contributed by atoms with Gasteiger partial charge in [-0.05, 0) is 30.3 Å². The molecule has 0 spiro atoms. The van der Waals surface area contributed by atoms with Crippen molar-refractivity contribution in [2.45, 2.75) is 27.2 Å². The number of nitrogens with zero attached hydrogens (tertiary/aromatic N) is 1. The maximum Gasteiger partial charge on any atom is 0.251 e. The van der Waals surface area contributed by atoms with Gasteiger partial charge in [0, 0.05) is 34.7 Å². The first-order valence-corrected chi connectivity index (χ1v) is 10.7. The van der Waals surface area contributed by atoms with E-state index in [4.69, 9.17) is 11.6 Å². The van der Waals surface area contributed by atoms with Gasteiger partial charge >= 0.3 is 0 Å². The van der Waals surface area contributed by atoms with E-state index in [-0.39, 0.29) is 17.4 Å². The second-order valence-electron chi connectivity index (χ2n) is 7.59. The minimum absolute atomic E-state index is 0.00198. The quantitative estimate of drug-likeness (QED) is 0.692. The number of H-pyrrole nitrogens is 1. The van der Waals surface area contributed by atoms with Crippen LogP contribution in [0.15, 0.2) is 57.9 Å². The molecule has 1 atom stereocenters. The van der Waals surface area contributed by atoms with Crippen molar-refractivity contribution in [2.24, 2.45) is 5.92 Å². The van der Waals surface area contributed by atoms with E-state index >= 15 is 0 Å². The number of hydrogen-bond donors (Lipinski definition) is 2. The van der Waals surface area contributed by atoms with Gasteiger partial charge in [0.2, 0.25) is 5.91 Å². The second-order valence-corrected chi connectivity index (χ2v) is 8.61. The van der Waals surface area contributed by atoms with Crippen molar-refractivity contribution < 1.29 is 4.79 Å². The summed E-state index contributed by atoms with van der Waals surface area (Å²) >= 11 is 6.51. The van der Waals surface area contributed by atoms with Gasteiger partial charge in [-0.15, -0.1) is 9.24 Å². The van der Waals surface area contributed by atoms with Gasteiger partial charge < -0.3 is 10.3 Å². The number of carbonyl (C=O) groups is 1. The van der Waals surface area contributed by atoms with Gasteiger partial charge in [0.15, 0.2) is 0 Å². The minimum atomic E-state index is -0.237. The fraction of sp³-hybridized carbons (Fsp3) is 0.261. The SMILES string of the molecule is Cc1ccc(-c2cc(=O)[nH]c(C3=C(Cl)C=CC(CNC(=O)C(C)C)=CC3)n2)c(P)c1. The number of benzene rings is 1. The highest BCUT2D eigenvalue weighted by atomic mass is 35.5. The summed E-state index contributed by atoms with van der Waals surface area (Å²) in [6.45, 7) is 6.15. The number of aromatic amines is 1. The Balaban J connectivity index is 1.90. The van der Waals surface area contributed by atoms with E-state index < -0.39 is 0 Å². The number of carbonyl (C=O) groups excluding carboxylic acids is 1. The molecule has 0 fully saturated rings. The average Bonchev–Trinajstić information content (AvgIpc) is 2.87. The largest absolute Gasteiger partial charge is 0.352 e. The van der Waals surface area contributed by atoms with Crippen LogP contribution in [0.4, 0.5) is 0 Å². The van der Waals surface area contributed by atoms with E-state index in [2.05, 4.69) is 24.5 Å². The van der Waals surface area contributed by atoms with E-state index in [1.165, 1.54) is 6.07 Å². The van der Waals surface area contributed by atoms with Gasteiger partial charge in [0.25, 0.3) is 5.56 Å². The molecule has 0 saturated heterocycles. The summed E-state index contributed by atoms with van der Waals surface area (Å²) in [6.07, 6.45) is 6.13. The lowest BCUT2D eigenvalue weighted by atomic mass is 10.1. The van der Waals surface area contributed by atoms with E-state index in [1.807, 2.05) is 51.1 Å². The molecule has 156 valence electrons. The number of allylic oxidation sites excluding steroid dienone is 4. The van der Waals surface area contributed by atoms with E-state index in [9.17, 15) is 9.59 Å². The highest BCUT2D eigenvalue weighted by Crippen LogP contribution is 2.28. The molecule has 1 aromatic carbocycles. The number of hydrogen-bond acceptors (Lipinski definition) is 3. The zero-order valence-electron chi connectivity index (χ0n) is 17.3. The molecule has 2 aromatic rings. The first kappa shape index (κ1) is 22.2. The number of aromatic nitrogens is 2. The van der Waals surface area contributed by atoms with Crippen molar-refractivity contribution in [1.82, 2.24) is 15.3 Å². The number of halogens is 1. The maximum absolute atomic E-state index is 12.4. The molecule has 0 aliphatic heterocycles. The molecule has 0 saturated carbocycles. The third-order valence-corrected chi connectivity index (χ3v) is 5.63. The molecule has 1 aromatic heterocycles. The maximum atomic E-state index is 12.4. The third kappa shape index (κ3) is 5.35. The number of nitrogens with one attached hydrogen (secondary N) is 2. The highest BCUT2D eigenvalue weighted by Gasteiger charge is 2.15. The third-order valence-electron chi connectivity index (χ3n) is 4.80. The molecule has 0 bridgehead atoms. The molecule has 3 rings (SSSR count). The van der Waals surface area contributed by atoms with Crippen molar-refractivity contribution in [2.75, 3.05) is 6.54 Å². The molecule has 7 heteroatoms. The lowest BCUT2D eigenvalue weighted by molar-refractivity contribution is -0.123. The van der Waals surface area contributed by atoms with Crippen LogP contribution in [-0.4, -0.2) is 22.4 Å².